The molecule has 1 aromatic rings. The van der Waals surface area contributed by atoms with Crippen LogP contribution in [0.5, 0.6) is 0 Å². The van der Waals surface area contributed by atoms with Crippen molar-refractivity contribution in [3.8, 4) is 0 Å². The van der Waals surface area contributed by atoms with Crippen molar-refractivity contribution in [3.63, 3.8) is 0 Å². The number of rotatable bonds is 6. The van der Waals surface area contributed by atoms with E-state index in [1.54, 1.807) is 31.6 Å². The topological polar surface area (TPSA) is 24.7 Å². The fourth-order valence-corrected chi connectivity index (χ4v) is 2.14. The van der Waals surface area contributed by atoms with Gasteiger partial charge in [-0.05, 0) is 55.7 Å². The van der Waals surface area contributed by atoms with Gasteiger partial charge in [0, 0.05) is 30.7 Å². The largest absolute Gasteiger partial charge is 0.296 e. The molecule has 0 bridgehead atoms. The molecular formula is C20H23FN2. The maximum Gasteiger partial charge on any atom is 0.123 e. The third-order valence-corrected chi connectivity index (χ3v) is 3.35. The summed E-state index contributed by atoms with van der Waals surface area (Å²) in [6.45, 7) is 9.69. The predicted molar refractivity (Wildman–Crippen MR) is 99.6 cm³/mol. The molecule has 23 heavy (non-hydrogen) atoms. The van der Waals surface area contributed by atoms with Crippen LogP contribution in [0.25, 0.3) is 5.57 Å². The monoisotopic (exact) mass is 310 g/mol. The Kier molecular flexibility index (Phi) is 7.61. The number of halogens is 1. The van der Waals surface area contributed by atoms with Crippen LogP contribution in [0, 0.1) is 5.82 Å². The Morgan fingerprint density at radius 2 is 1.96 bits per heavy atom. The molecule has 0 saturated heterocycles. The second-order valence-electron chi connectivity index (χ2n) is 4.94. The van der Waals surface area contributed by atoms with E-state index < -0.39 is 0 Å². The fraction of sp³-hybridized carbons (Fsp3) is 0.200. The zero-order chi connectivity index (χ0) is 17.2. The van der Waals surface area contributed by atoms with Crippen LogP contribution in [-0.2, 0) is 0 Å². The van der Waals surface area contributed by atoms with Crippen LogP contribution in [0.15, 0.2) is 75.9 Å². The Bertz CT molecular complexity index is 704. The molecule has 0 aliphatic rings. The predicted octanol–water partition coefficient (Wildman–Crippen LogP) is 5.41. The molecule has 0 saturated carbocycles. The normalized spacial score (nSPS) is 14.5. The molecule has 0 radical (unpaired) electrons. The average molecular weight is 310 g/mol. The second kappa shape index (κ2) is 9.46. The van der Waals surface area contributed by atoms with Gasteiger partial charge in [-0.3, -0.25) is 9.98 Å². The van der Waals surface area contributed by atoms with Crippen molar-refractivity contribution >= 4 is 18.0 Å². The summed E-state index contributed by atoms with van der Waals surface area (Å²) < 4.78 is 13.5. The first-order chi connectivity index (χ1) is 11.0. The first-order valence-electron chi connectivity index (χ1n) is 7.43. The highest BCUT2D eigenvalue weighted by atomic mass is 19.1. The summed E-state index contributed by atoms with van der Waals surface area (Å²) in [6, 6.07) is 6.52. The van der Waals surface area contributed by atoms with Crippen molar-refractivity contribution in [3.05, 3.63) is 77.3 Å². The lowest BCUT2D eigenvalue weighted by atomic mass is 9.95. The third-order valence-electron chi connectivity index (χ3n) is 3.35. The zero-order valence-corrected chi connectivity index (χ0v) is 14.2. The average Bonchev–Trinajstić information content (AvgIpc) is 2.54. The highest BCUT2D eigenvalue weighted by Crippen LogP contribution is 2.26. The molecule has 120 valence electrons. The van der Waals surface area contributed by atoms with Gasteiger partial charge in [0.25, 0.3) is 0 Å². The molecular weight excluding hydrogens is 287 g/mol. The highest BCUT2D eigenvalue weighted by molar-refractivity contribution is 5.92. The van der Waals surface area contributed by atoms with Crippen LogP contribution in [0.2, 0.25) is 0 Å². The molecule has 0 amide bonds. The molecule has 0 atom stereocenters. The summed E-state index contributed by atoms with van der Waals surface area (Å²) in [5.41, 5.74) is 4.31. The third kappa shape index (κ3) is 5.29. The van der Waals surface area contributed by atoms with E-state index in [4.69, 9.17) is 0 Å². The van der Waals surface area contributed by atoms with Gasteiger partial charge in [-0.25, -0.2) is 4.39 Å². The van der Waals surface area contributed by atoms with Crippen LogP contribution >= 0.6 is 0 Å². The van der Waals surface area contributed by atoms with E-state index in [9.17, 15) is 4.39 Å². The van der Waals surface area contributed by atoms with Crippen LogP contribution < -0.4 is 0 Å². The highest BCUT2D eigenvalue weighted by Gasteiger charge is 2.09. The van der Waals surface area contributed by atoms with E-state index in [-0.39, 0.29) is 5.82 Å². The van der Waals surface area contributed by atoms with Gasteiger partial charge < -0.3 is 0 Å². The lowest BCUT2D eigenvalue weighted by Gasteiger charge is -2.12. The van der Waals surface area contributed by atoms with E-state index in [1.807, 2.05) is 39.0 Å². The van der Waals surface area contributed by atoms with Crippen molar-refractivity contribution in [2.24, 2.45) is 9.98 Å². The summed E-state index contributed by atoms with van der Waals surface area (Å²) in [4.78, 5) is 8.53. The Morgan fingerprint density at radius 3 is 2.52 bits per heavy atom. The number of hydrogen-bond acceptors (Lipinski definition) is 2. The van der Waals surface area contributed by atoms with Crippen molar-refractivity contribution in [1.29, 1.82) is 0 Å². The number of allylic oxidation sites excluding steroid dienone is 7. The molecule has 0 aliphatic carbocycles. The summed E-state index contributed by atoms with van der Waals surface area (Å²) in [5.74, 6) is -0.261. The molecule has 0 heterocycles. The van der Waals surface area contributed by atoms with Gasteiger partial charge in [-0.15, -0.1) is 0 Å². The first kappa shape index (κ1) is 18.5. The maximum atomic E-state index is 13.5. The summed E-state index contributed by atoms with van der Waals surface area (Å²) in [6.07, 6.45) is 9.01. The van der Waals surface area contributed by atoms with Gasteiger partial charge in [0.1, 0.15) is 5.82 Å². The van der Waals surface area contributed by atoms with Crippen molar-refractivity contribution in [1.82, 2.24) is 0 Å². The van der Waals surface area contributed by atoms with Gasteiger partial charge >= 0.3 is 0 Å². The number of benzene rings is 1. The lowest BCUT2D eigenvalue weighted by molar-refractivity contribution is 0.627. The fourth-order valence-electron chi connectivity index (χ4n) is 2.14. The first-order valence-corrected chi connectivity index (χ1v) is 7.43. The molecule has 0 fully saturated rings. The maximum absolute atomic E-state index is 13.5. The van der Waals surface area contributed by atoms with E-state index in [1.165, 1.54) is 12.1 Å². The van der Waals surface area contributed by atoms with Crippen LogP contribution in [-0.4, -0.2) is 19.5 Å². The lowest BCUT2D eigenvalue weighted by Crippen LogP contribution is -1.97. The second-order valence-corrected chi connectivity index (χ2v) is 4.94. The van der Waals surface area contributed by atoms with Gasteiger partial charge in [0.2, 0.25) is 0 Å². The smallest absolute Gasteiger partial charge is 0.123 e. The van der Waals surface area contributed by atoms with Crippen molar-refractivity contribution < 1.29 is 4.39 Å². The Labute approximate surface area is 138 Å². The minimum Gasteiger partial charge on any atom is -0.296 e. The molecule has 0 N–H and O–H groups in total. The van der Waals surface area contributed by atoms with Crippen LogP contribution in [0.1, 0.15) is 26.3 Å². The summed E-state index contributed by atoms with van der Waals surface area (Å²) in [5, 5.41) is 0. The molecule has 0 spiro atoms. The van der Waals surface area contributed by atoms with E-state index in [0.717, 1.165) is 28.0 Å². The minimum absolute atomic E-state index is 0.261. The SMILES string of the molecule is C=CC(=C(\C)c1cccc(F)c1)/C(/C=N\C)=C(C)\N=C/C=C\C. The zero-order valence-electron chi connectivity index (χ0n) is 14.2. The van der Waals surface area contributed by atoms with E-state index >= 15 is 0 Å². The number of nitrogens with zero attached hydrogens (tertiary/aromatic N) is 2. The van der Waals surface area contributed by atoms with E-state index in [0.29, 0.717) is 0 Å². The van der Waals surface area contributed by atoms with Gasteiger partial charge in [0.05, 0.1) is 0 Å². The van der Waals surface area contributed by atoms with Crippen LogP contribution in [0.4, 0.5) is 4.39 Å². The standard InChI is InChI=1S/C20H23FN2/c1-6-8-12-23-16(4)20(14-22-5)19(7-2)15(3)17-10-9-11-18(21)13-17/h6-14H,2H2,1,3-5H3/b8-6-,19-15-,20-16-,22-14-,23-12-. The molecule has 3 heteroatoms. The molecule has 0 aromatic heterocycles. The molecule has 2 nitrogen and oxygen atoms in total. The summed E-state index contributed by atoms with van der Waals surface area (Å²) >= 11 is 0. The van der Waals surface area contributed by atoms with Crippen LogP contribution in [0.3, 0.4) is 0 Å². The van der Waals surface area contributed by atoms with E-state index in [2.05, 4.69) is 16.6 Å². The van der Waals surface area contributed by atoms with Crippen molar-refractivity contribution in [2.45, 2.75) is 20.8 Å². The molecule has 1 aromatic carbocycles. The number of aliphatic imine (C=N–C) groups is 2. The summed E-state index contributed by atoms with van der Waals surface area (Å²) in [7, 11) is 1.71. The molecule has 1 rings (SSSR count). The van der Waals surface area contributed by atoms with Gasteiger partial charge in [-0.2, -0.15) is 0 Å². The Hall–Kier alpha value is -2.55. The number of hydrogen-bond donors (Lipinski definition) is 0. The van der Waals surface area contributed by atoms with Gasteiger partial charge in [0.15, 0.2) is 0 Å². The van der Waals surface area contributed by atoms with Crippen molar-refractivity contribution in [2.75, 3.05) is 7.05 Å². The Balaban J connectivity index is 3.50. The minimum atomic E-state index is -0.261. The van der Waals surface area contributed by atoms with Gasteiger partial charge in [-0.1, -0.05) is 30.9 Å². The molecule has 0 unspecified atom stereocenters. The Morgan fingerprint density at radius 1 is 1.22 bits per heavy atom. The molecule has 0 aliphatic heterocycles. The quantitative estimate of drug-likeness (QED) is 0.496.